The van der Waals surface area contributed by atoms with Gasteiger partial charge in [-0.2, -0.15) is 5.10 Å². The van der Waals surface area contributed by atoms with Crippen LogP contribution in [0.4, 0.5) is 0 Å². The van der Waals surface area contributed by atoms with E-state index in [0.29, 0.717) is 32.0 Å². The summed E-state index contributed by atoms with van der Waals surface area (Å²) in [6, 6.07) is 17.6. The molecule has 8 nitrogen and oxygen atoms in total. The number of carbonyl (C=O) groups excluding carboxylic acids is 2. The number of amides is 2. The lowest BCUT2D eigenvalue weighted by Gasteiger charge is -2.11. The molecule has 166 valence electrons. The molecule has 0 aliphatic heterocycles. The second-order valence-corrected chi connectivity index (χ2v) is 8.53. The third-order valence-corrected chi connectivity index (χ3v) is 6.16. The van der Waals surface area contributed by atoms with Crippen LogP contribution < -0.4 is 16.3 Å². The maximum atomic E-state index is 12.6. The van der Waals surface area contributed by atoms with E-state index >= 15 is 0 Å². The number of rotatable bonds is 4. The molecule has 10 heteroatoms. The molecule has 2 N–H and O–H groups in total. The molecule has 2 amide bonds. The molecule has 2 heterocycles. The van der Waals surface area contributed by atoms with Gasteiger partial charge in [-0.05, 0) is 38.1 Å². The maximum absolute atomic E-state index is 12.6. The van der Waals surface area contributed by atoms with E-state index in [2.05, 4.69) is 20.9 Å². The van der Waals surface area contributed by atoms with Gasteiger partial charge in [0.05, 0.1) is 11.4 Å². The quantitative estimate of drug-likeness (QED) is 0.434. The van der Waals surface area contributed by atoms with Crippen molar-refractivity contribution in [3.05, 3.63) is 97.9 Å². The van der Waals surface area contributed by atoms with E-state index in [0.717, 1.165) is 5.56 Å². The number of hydrogen-bond donors (Lipinski definition) is 2. The van der Waals surface area contributed by atoms with E-state index in [1.807, 2.05) is 30.3 Å². The minimum Gasteiger partial charge on any atom is -0.287 e. The number of thiazole rings is 1. The monoisotopic (exact) mass is 479 g/mol. The Kier molecular flexibility index (Phi) is 6.34. The predicted molar refractivity (Wildman–Crippen MR) is 127 cm³/mol. The molecule has 0 aliphatic rings. The summed E-state index contributed by atoms with van der Waals surface area (Å²) in [5.74, 6) is -1.37. The molecule has 0 unspecified atom stereocenters. The van der Waals surface area contributed by atoms with Crippen molar-refractivity contribution in [2.45, 2.75) is 13.8 Å². The van der Waals surface area contributed by atoms with Gasteiger partial charge in [0.2, 0.25) is 5.43 Å². The van der Waals surface area contributed by atoms with Crippen LogP contribution in [0.5, 0.6) is 0 Å². The molecule has 0 atom stereocenters. The van der Waals surface area contributed by atoms with Crippen LogP contribution in [0.15, 0.2) is 65.5 Å². The lowest BCUT2D eigenvalue weighted by atomic mass is 10.2. The number of benzene rings is 2. The van der Waals surface area contributed by atoms with E-state index in [-0.39, 0.29) is 5.69 Å². The van der Waals surface area contributed by atoms with Gasteiger partial charge in [-0.15, -0.1) is 11.3 Å². The van der Waals surface area contributed by atoms with Gasteiger partial charge in [0.25, 0.3) is 11.8 Å². The minimum absolute atomic E-state index is 0.351. The molecule has 0 bridgehead atoms. The molecule has 0 saturated carbocycles. The fourth-order valence-electron chi connectivity index (χ4n) is 3.09. The summed E-state index contributed by atoms with van der Waals surface area (Å²) in [6.07, 6.45) is 0. The number of carbonyl (C=O) groups is 2. The summed E-state index contributed by atoms with van der Waals surface area (Å²) >= 11 is 7.13. The maximum Gasteiger partial charge on any atom is 0.294 e. The summed E-state index contributed by atoms with van der Waals surface area (Å²) < 4.78 is 1.45. The van der Waals surface area contributed by atoms with E-state index < -0.39 is 17.2 Å². The first kappa shape index (κ1) is 22.4. The fraction of sp³-hybridized carbons (Fsp3) is 0.0870. The van der Waals surface area contributed by atoms with Crippen molar-refractivity contribution in [1.82, 2.24) is 25.6 Å². The second kappa shape index (κ2) is 9.35. The van der Waals surface area contributed by atoms with Crippen LogP contribution in [0.2, 0.25) is 5.02 Å². The van der Waals surface area contributed by atoms with E-state index in [1.54, 1.807) is 38.1 Å². The number of nitrogens with one attached hydrogen (secondary N) is 2. The Bertz CT molecular complexity index is 1400. The van der Waals surface area contributed by atoms with Crippen LogP contribution in [0, 0.1) is 13.8 Å². The average molecular weight is 480 g/mol. The molecule has 4 aromatic rings. The zero-order valence-electron chi connectivity index (χ0n) is 17.6. The van der Waals surface area contributed by atoms with E-state index in [9.17, 15) is 14.4 Å². The zero-order chi connectivity index (χ0) is 23.5. The number of nitrogens with zero attached hydrogens (tertiary/aromatic N) is 3. The van der Waals surface area contributed by atoms with Gasteiger partial charge in [0.15, 0.2) is 5.69 Å². The molecule has 0 radical (unpaired) electrons. The summed E-state index contributed by atoms with van der Waals surface area (Å²) in [4.78, 5) is 42.4. The highest BCUT2D eigenvalue weighted by atomic mass is 35.5. The molecule has 2 aromatic carbocycles. The highest BCUT2D eigenvalue weighted by Crippen LogP contribution is 2.27. The van der Waals surface area contributed by atoms with E-state index in [1.165, 1.54) is 22.1 Å². The number of hydrogen-bond acceptors (Lipinski definition) is 6. The van der Waals surface area contributed by atoms with Gasteiger partial charge >= 0.3 is 0 Å². The Labute approximate surface area is 197 Å². The summed E-state index contributed by atoms with van der Waals surface area (Å²) in [7, 11) is 0. The van der Waals surface area contributed by atoms with Crippen LogP contribution >= 0.6 is 22.9 Å². The Morgan fingerprint density at radius 2 is 1.64 bits per heavy atom. The molecule has 0 spiro atoms. The van der Waals surface area contributed by atoms with Gasteiger partial charge in [-0.25, -0.2) is 9.67 Å². The zero-order valence-corrected chi connectivity index (χ0v) is 19.2. The molecule has 2 aromatic heterocycles. The number of aryl methyl sites for hydroxylation is 2. The lowest BCUT2D eigenvalue weighted by Crippen LogP contribution is -2.44. The SMILES string of the molecule is Cc1nc(-c2ccccc2)sc1C(=O)NNC(=O)c1nn(-c2ccc(Cl)cc2)c(C)cc1=O. The van der Waals surface area contributed by atoms with Crippen molar-refractivity contribution < 1.29 is 9.59 Å². The Morgan fingerprint density at radius 1 is 0.970 bits per heavy atom. The number of halogens is 1. The third kappa shape index (κ3) is 4.84. The summed E-state index contributed by atoms with van der Waals surface area (Å²) in [6.45, 7) is 3.41. The van der Waals surface area contributed by atoms with Crippen LogP contribution in [0.1, 0.15) is 31.5 Å². The van der Waals surface area contributed by atoms with Crippen molar-refractivity contribution in [1.29, 1.82) is 0 Å². The van der Waals surface area contributed by atoms with Crippen molar-refractivity contribution in [2.75, 3.05) is 0 Å². The molecule has 0 aliphatic carbocycles. The average Bonchev–Trinajstić information content (AvgIpc) is 3.20. The van der Waals surface area contributed by atoms with Crippen LogP contribution in [0.3, 0.4) is 0 Å². The molecular formula is C23H18ClN5O3S. The summed E-state index contributed by atoms with van der Waals surface area (Å²) in [5, 5.41) is 5.41. The van der Waals surface area contributed by atoms with Crippen molar-refractivity contribution >= 4 is 34.8 Å². The van der Waals surface area contributed by atoms with Gasteiger partial charge in [0, 0.05) is 22.3 Å². The number of aromatic nitrogens is 3. The first-order valence-electron chi connectivity index (χ1n) is 9.84. The first-order valence-corrected chi connectivity index (χ1v) is 11.0. The Morgan fingerprint density at radius 3 is 2.33 bits per heavy atom. The lowest BCUT2D eigenvalue weighted by molar-refractivity contribution is 0.0844. The van der Waals surface area contributed by atoms with E-state index in [4.69, 9.17) is 11.6 Å². The van der Waals surface area contributed by atoms with Crippen LogP contribution in [-0.4, -0.2) is 26.6 Å². The standard InChI is InChI=1S/C23H18ClN5O3S/c1-13-12-18(30)19(28-29(13)17-10-8-16(24)9-11-17)21(31)26-27-22(32)20-14(2)25-23(33-20)15-6-4-3-5-7-15/h3-12H,1-2H3,(H,26,31)(H,27,32). The fourth-order valence-corrected chi connectivity index (χ4v) is 4.18. The predicted octanol–water partition coefficient (Wildman–Crippen LogP) is 3.70. The topological polar surface area (TPSA) is 106 Å². The smallest absolute Gasteiger partial charge is 0.287 e. The van der Waals surface area contributed by atoms with Crippen molar-refractivity contribution in [2.24, 2.45) is 0 Å². The van der Waals surface area contributed by atoms with Gasteiger partial charge < -0.3 is 0 Å². The third-order valence-electron chi connectivity index (χ3n) is 4.71. The van der Waals surface area contributed by atoms with Crippen LogP contribution in [-0.2, 0) is 0 Å². The minimum atomic E-state index is -0.832. The molecular weight excluding hydrogens is 462 g/mol. The highest BCUT2D eigenvalue weighted by Gasteiger charge is 2.19. The second-order valence-electron chi connectivity index (χ2n) is 7.09. The Hall–Kier alpha value is -3.82. The normalized spacial score (nSPS) is 10.6. The summed E-state index contributed by atoms with van der Waals surface area (Å²) in [5.41, 5.74) is 6.27. The number of hydrazine groups is 1. The largest absolute Gasteiger partial charge is 0.294 e. The van der Waals surface area contributed by atoms with Gasteiger partial charge in [0.1, 0.15) is 9.88 Å². The molecule has 0 saturated heterocycles. The van der Waals surface area contributed by atoms with Gasteiger partial charge in [-0.3, -0.25) is 25.2 Å². The highest BCUT2D eigenvalue weighted by molar-refractivity contribution is 7.17. The van der Waals surface area contributed by atoms with Crippen LogP contribution in [0.25, 0.3) is 16.3 Å². The first-order chi connectivity index (χ1) is 15.8. The molecule has 4 rings (SSSR count). The Balaban J connectivity index is 1.52. The molecule has 33 heavy (non-hydrogen) atoms. The van der Waals surface area contributed by atoms with Gasteiger partial charge in [-0.1, -0.05) is 41.9 Å². The molecule has 0 fully saturated rings. The van der Waals surface area contributed by atoms with Crippen molar-refractivity contribution in [3.63, 3.8) is 0 Å². The van der Waals surface area contributed by atoms with Crippen molar-refractivity contribution in [3.8, 4) is 16.3 Å².